The van der Waals surface area contributed by atoms with Gasteiger partial charge in [-0.15, -0.1) is 0 Å². The molecule has 5 heteroatoms. The summed E-state index contributed by atoms with van der Waals surface area (Å²) in [5.41, 5.74) is 7.23. The van der Waals surface area contributed by atoms with Crippen LogP contribution >= 0.6 is 0 Å². The minimum absolute atomic E-state index is 0.0554. The predicted octanol–water partition coefficient (Wildman–Crippen LogP) is -0.0849. The molecule has 3 rings (SSSR count). The summed E-state index contributed by atoms with van der Waals surface area (Å²) in [7, 11) is 0. The quantitative estimate of drug-likeness (QED) is 0.694. The van der Waals surface area contributed by atoms with E-state index in [0.717, 1.165) is 43.2 Å². The van der Waals surface area contributed by atoms with E-state index in [2.05, 4.69) is 14.9 Å². The van der Waals surface area contributed by atoms with Crippen LogP contribution in [0.25, 0.3) is 0 Å². The Kier molecular flexibility index (Phi) is 2.21. The summed E-state index contributed by atoms with van der Waals surface area (Å²) >= 11 is 0. The van der Waals surface area contributed by atoms with Crippen LogP contribution in [0.3, 0.4) is 0 Å². The van der Waals surface area contributed by atoms with Gasteiger partial charge in [-0.25, -0.2) is 4.98 Å². The number of hydrogen-bond acceptors (Lipinski definition) is 4. The van der Waals surface area contributed by atoms with E-state index < -0.39 is 0 Å². The first-order chi connectivity index (χ1) is 7.74. The van der Waals surface area contributed by atoms with Gasteiger partial charge in [0.1, 0.15) is 0 Å². The van der Waals surface area contributed by atoms with E-state index in [0.29, 0.717) is 0 Å². The minimum Gasteiger partial charge on any atom is -0.369 e. The molecule has 86 valence electrons. The third-order valence-electron chi connectivity index (χ3n) is 3.47. The molecule has 0 radical (unpaired) electrons. The Morgan fingerprint density at radius 1 is 1.31 bits per heavy atom. The summed E-state index contributed by atoms with van der Waals surface area (Å²) in [5.74, 6) is 0.239. The average Bonchev–Trinajstić information content (AvgIpc) is 3.00. The van der Waals surface area contributed by atoms with E-state index >= 15 is 0 Å². The Hall–Kier alpha value is -1.36. The molecule has 1 fully saturated rings. The fourth-order valence-electron chi connectivity index (χ4n) is 2.45. The van der Waals surface area contributed by atoms with Crippen LogP contribution in [0.15, 0.2) is 4.79 Å². The summed E-state index contributed by atoms with van der Waals surface area (Å²) in [4.78, 5) is 21.0. The number of nitrogens with zero attached hydrogens (tertiary/aromatic N) is 2. The van der Waals surface area contributed by atoms with Crippen molar-refractivity contribution in [1.82, 2.24) is 14.9 Å². The number of aromatic amines is 1. The van der Waals surface area contributed by atoms with Crippen molar-refractivity contribution < 1.29 is 0 Å². The highest BCUT2D eigenvalue weighted by Gasteiger charge is 2.30. The average molecular weight is 220 g/mol. The van der Waals surface area contributed by atoms with Gasteiger partial charge in [-0.3, -0.25) is 14.7 Å². The number of aromatic nitrogens is 2. The van der Waals surface area contributed by atoms with Crippen LogP contribution in [0.4, 0.5) is 5.95 Å². The second-order valence-corrected chi connectivity index (χ2v) is 4.64. The van der Waals surface area contributed by atoms with Crippen molar-refractivity contribution in [2.45, 2.75) is 31.7 Å². The van der Waals surface area contributed by atoms with E-state index in [1.807, 2.05) is 0 Å². The van der Waals surface area contributed by atoms with Crippen LogP contribution in [-0.4, -0.2) is 34.0 Å². The van der Waals surface area contributed by atoms with Crippen molar-refractivity contribution in [1.29, 1.82) is 0 Å². The molecule has 1 aromatic heterocycles. The van der Waals surface area contributed by atoms with Crippen LogP contribution in [0.5, 0.6) is 0 Å². The Bertz CT molecular complexity index is 464. The van der Waals surface area contributed by atoms with Crippen molar-refractivity contribution in [2.24, 2.45) is 0 Å². The van der Waals surface area contributed by atoms with Gasteiger partial charge in [0, 0.05) is 31.1 Å². The van der Waals surface area contributed by atoms with Gasteiger partial charge in [0.2, 0.25) is 5.95 Å². The number of anilines is 1. The molecule has 0 aromatic carbocycles. The molecule has 2 heterocycles. The first-order valence-corrected chi connectivity index (χ1v) is 5.85. The van der Waals surface area contributed by atoms with Crippen LogP contribution in [0, 0.1) is 0 Å². The summed E-state index contributed by atoms with van der Waals surface area (Å²) in [6, 6.07) is 0.755. The lowest BCUT2D eigenvalue weighted by molar-refractivity contribution is 0.277. The number of nitrogen functional groups attached to an aromatic ring is 1. The zero-order valence-electron chi connectivity index (χ0n) is 9.20. The van der Waals surface area contributed by atoms with Crippen molar-refractivity contribution in [3.63, 3.8) is 0 Å². The topological polar surface area (TPSA) is 75.0 Å². The number of nitrogens with two attached hydrogens (primary N) is 1. The summed E-state index contributed by atoms with van der Waals surface area (Å²) in [6.45, 7) is 1.99. The van der Waals surface area contributed by atoms with Gasteiger partial charge in [0.15, 0.2) is 0 Å². The third-order valence-corrected chi connectivity index (χ3v) is 3.47. The normalized spacial score (nSPS) is 21.5. The lowest BCUT2D eigenvalue weighted by Gasteiger charge is -2.18. The second kappa shape index (κ2) is 3.59. The smallest absolute Gasteiger partial charge is 0.255 e. The van der Waals surface area contributed by atoms with Crippen LogP contribution in [0.2, 0.25) is 0 Å². The Morgan fingerprint density at radius 3 is 2.81 bits per heavy atom. The Morgan fingerprint density at radius 2 is 2.06 bits per heavy atom. The molecule has 1 aliphatic carbocycles. The van der Waals surface area contributed by atoms with E-state index in [4.69, 9.17) is 5.73 Å². The molecule has 0 atom stereocenters. The van der Waals surface area contributed by atoms with E-state index in [1.165, 1.54) is 12.8 Å². The molecular weight excluding hydrogens is 204 g/mol. The molecule has 16 heavy (non-hydrogen) atoms. The highest BCUT2D eigenvalue weighted by molar-refractivity contribution is 5.26. The molecule has 0 bridgehead atoms. The van der Waals surface area contributed by atoms with Gasteiger partial charge < -0.3 is 5.73 Å². The Labute approximate surface area is 93.7 Å². The zero-order valence-corrected chi connectivity index (χ0v) is 9.20. The number of fused-ring (bicyclic) bond motifs is 1. The zero-order chi connectivity index (χ0) is 11.1. The second-order valence-electron chi connectivity index (χ2n) is 4.64. The van der Waals surface area contributed by atoms with Gasteiger partial charge >= 0.3 is 0 Å². The van der Waals surface area contributed by atoms with Gasteiger partial charge in [0.25, 0.3) is 5.56 Å². The molecule has 1 aromatic rings. The van der Waals surface area contributed by atoms with E-state index in [9.17, 15) is 4.79 Å². The molecule has 1 saturated carbocycles. The molecule has 2 aliphatic rings. The fraction of sp³-hybridized carbons (Fsp3) is 0.636. The fourth-order valence-corrected chi connectivity index (χ4v) is 2.45. The summed E-state index contributed by atoms with van der Waals surface area (Å²) < 4.78 is 0. The van der Waals surface area contributed by atoms with E-state index in [-0.39, 0.29) is 11.5 Å². The molecule has 0 amide bonds. The third kappa shape index (κ3) is 1.71. The van der Waals surface area contributed by atoms with Crippen LogP contribution < -0.4 is 11.3 Å². The van der Waals surface area contributed by atoms with Crippen molar-refractivity contribution in [2.75, 3.05) is 18.8 Å². The minimum atomic E-state index is -0.0554. The predicted molar refractivity (Wildman–Crippen MR) is 61.3 cm³/mol. The highest BCUT2D eigenvalue weighted by Crippen LogP contribution is 2.28. The molecule has 0 spiro atoms. The monoisotopic (exact) mass is 220 g/mol. The van der Waals surface area contributed by atoms with E-state index in [1.54, 1.807) is 0 Å². The largest absolute Gasteiger partial charge is 0.369 e. The molecule has 1 aliphatic heterocycles. The van der Waals surface area contributed by atoms with Crippen LogP contribution in [-0.2, 0) is 12.8 Å². The van der Waals surface area contributed by atoms with Crippen molar-refractivity contribution in [3.8, 4) is 0 Å². The lowest BCUT2D eigenvalue weighted by Crippen LogP contribution is -2.28. The first kappa shape index (κ1) is 9.84. The summed E-state index contributed by atoms with van der Waals surface area (Å²) in [5, 5.41) is 0. The standard InChI is InChI=1S/C11H16N4O/c12-11-13-9-4-6-15(7-1-2-7)5-3-8(9)10(16)14-11/h7H,1-6H2,(H3,12,13,14,16). The van der Waals surface area contributed by atoms with Crippen molar-refractivity contribution >= 4 is 5.95 Å². The maximum absolute atomic E-state index is 11.7. The lowest BCUT2D eigenvalue weighted by atomic mass is 10.1. The highest BCUT2D eigenvalue weighted by atomic mass is 16.1. The van der Waals surface area contributed by atoms with Gasteiger partial charge in [0.05, 0.1) is 5.69 Å². The molecule has 5 nitrogen and oxygen atoms in total. The summed E-state index contributed by atoms with van der Waals surface area (Å²) in [6.07, 6.45) is 4.26. The maximum Gasteiger partial charge on any atom is 0.255 e. The number of rotatable bonds is 1. The number of H-pyrrole nitrogens is 1. The maximum atomic E-state index is 11.7. The van der Waals surface area contributed by atoms with Gasteiger partial charge in [-0.1, -0.05) is 0 Å². The van der Waals surface area contributed by atoms with Gasteiger partial charge in [-0.2, -0.15) is 0 Å². The molecule has 0 unspecified atom stereocenters. The molecule has 0 saturated heterocycles. The molecule has 3 N–H and O–H groups in total. The SMILES string of the molecule is Nc1nc2c(c(=O)[nH]1)CCN(C1CC1)CC2. The van der Waals surface area contributed by atoms with Gasteiger partial charge in [-0.05, 0) is 19.3 Å². The number of nitrogens with one attached hydrogen (secondary N) is 1. The number of hydrogen-bond donors (Lipinski definition) is 2. The first-order valence-electron chi connectivity index (χ1n) is 5.85. The Balaban J connectivity index is 1.90. The van der Waals surface area contributed by atoms with Crippen molar-refractivity contribution in [3.05, 3.63) is 21.6 Å². The van der Waals surface area contributed by atoms with Crippen LogP contribution in [0.1, 0.15) is 24.1 Å². The molecular formula is C11H16N4O.